The largest absolute Gasteiger partial charge is 0.478 e. The van der Waals surface area contributed by atoms with Crippen molar-refractivity contribution >= 4 is 30.8 Å². The third-order valence-electron chi connectivity index (χ3n) is 4.93. The van der Waals surface area contributed by atoms with E-state index in [1.165, 1.54) is 17.5 Å². The van der Waals surface area contributed by atoms with Crippen molar-refractivity contribution in [2.24, 2.45) is 11.7 Å². The van der Waals surface area contributed by atoms with Crippen molar-refractivity contribution < 1.29 is 9.90 Å². The number of carboxylic acids is 1. The number of hydrogen-bond donors (Lipinski definition) is 2. The third kappa shape index (κ3) is 6.82. The summed E-state index contributed by atoms with van der Waals surface area (Å²) < 4.78 is 0. The predicted octanol–water partition coefficient (Wildman–Crippen LogP) is 3.79. The van der Waals surface area contributed by atoms with Gasteiger partial charge < -0.3 is 10.8 Å². The van der Waals surface area contributed by atoms with Crippen LogP contribution in [0.15, 0.2) is 48.5 Å². The van der Waals surface area contributed by atoms with Crippen molar-refractivity contribution in [3.05, 3.63) is 70.8 Å². The van der Waals surface area contributed by atoms with Gasteiger partial charge in [0.15, 0.2) is 0 Å². The Kier molecular flexibility index (Phi) is 9.81. The van der Waals surface area contributed by atoms with Crippen molar-refractivity contribution in [2.75, 3.05) is 19.6 Å². The number of nitrogens with two attached hydrogens (primary N) is 1. The average molecular weight is 411 g/mol. The highest BCUT2D eigenvalue weighted by Gasteiger charge is 2.22. The SMILES string of the molecule is Cl.Cl.NCCc1ccc(CN2CCC(Cc3cccc(C(=O)O)c3)C2)cc1. The maximum absolute atomic E-state index is 11.1. The summed E-state index contributed by atoms with van der Waals surface area (Å²) in [6.07, 6.45) is 3.05. The second-order valence-electron chi connectivity index (χ2n) is 6.95. The summed E-state index contributed by atoms with van der Waals surface area (Å²) in [6, 6.07) is 16.1. The number of likely N-dealkylation sites (tertiary alicyclic amines) is 1. The van der Waals surface area contributed by atoms with E-state index >= 15 is 0 Å². The van der Waals surface area contributed by atoms with E-state index in [1.54, 1.807) is 12.1 Å². The molecule has 6 heteroatoms. The summed E-state index contributed by atoms with van der Waals surface area (Å²) in [5.74, 6) is -0.256. The van der Waals surface area contributed by atoms with Gasteiger partial charge in [0.2, 0.25) is 0 Å². The van der Waals surface area contributed by atoms with Gasteiger partial charge in [-0.1, -0.05) is 36.4 Å². The summed E-state index contributed by atoms with van der Waals surface area (Å²) in [4.78, 5) is 13.6. The van der Waals surface area contributed by atoms with Crippen LogP contribution in [-0.2, 0) is 19.4 Å². The van der Waals surface area contributed by atoms with Crippen LogP contribution in [0.4, 0.5) is 0 Å². The van der Waals surface area contributed by atoms with E-state index in [0.29, 0.717) is 18.0 Å². The molecule has 0 aliphatic carbocycles. The summed E-state index contributed by atoms with van der Waals surface area (Å²) in [6.45, 7) is 3.85. The van der Waals surface area contributed by atoms with Crippen LogP contribution in [0.2, 0.25) is 0 Å². The maximum atomic E-state index is 11.1. The van der Waals surface area contributed by atoms with Crippen LogP contribution < -0.4 is 5.73 Å². The van der Waals surface area contributed by atoms with Crippen molar-refractivity contribution in [3.63, 3.8) is 0 Å². The molecule has 4 nitrogen and oxygen atoms in total. The molecule has 0 spiro atoms. The lowest BCUT2D eigenvalue weighted by Crippen LogP contribution is -2.20. The van der Waals surface area contributed by atoms with Crippen molar-refractivity contribution in [1.82, 2.24) is 4.90 Å². The van der Waals surface area contributed by atoms with Crippen LogP contribution in [0, 0.1) is 5.92 Å². The summed E-state index contributed by atoms with van der Waals surface area (Å²) in [7, 11) is 0. The Morgan fingerprint density at radius 3 is 2.44 bits per heavy atom. The Labute approximate surface area is 173 Å². The molecule has 2 aromatic rings. The first kappa shape index (κ1) is 23.4. The standard InChI is InChI=1S/C21H26N2O2.2ClH/c22-10-8-16-4-6-17(7-5-16)14-23-11-9-19(15-23)12-18-2-1-3-20(13-18)21(24)25;;/h1-7,13,19H,8-12,14-15,22H2,(H,24,25);2*1H. The Morgan fingerprint density at radius 1 is 1.07 bits per heavy atom. The van der Waals surface area contributed by atoms with Crippen molar-refractivity contribution in [2.45, 2.75) is 25.8 Å². The topological polar surface area (TPSA) is 66.6 Å². The van der Waals surface area contributed by atoms with Gasteiger partial charge in [-0.25, -0.2) is 4.79 Å². The fourth-order valence-corrected chi connectivity index (χ4v) is 3.62. The predicted molar refractivity (Wildman–Crippen MR) is 114 cm³/mol. The van der Waals surface area contributed by atoms with Gasteiger partial charge in [0.25, 0.3) is 0 Å². The fraction of sp³-hybridized carbons (Fsp3) is 0.381. The number of benzene rings is 2. The molecule has 0 aromatic heterocycles. The van der Waals surface area contributed by atoms with E-state index in [4.69, 9.17) is 10.8 Å². The van der Waals surface area contributed by atoms with Crippen LogP contribution in [0.1, 0.15) is 33.5 Å². The molecule has 1 aliphatic rings. The fourth-order valence-electron chi connectivity index (χ4n) is 3.62. The monoisotopic (exact) mass is 410 g/mol. The van der Waals surface area contributed by atoms with Gasteiger partial charge in [0.05, 0.1) is 5.56 Å². The van der Waals surface area contributed by atoms with Gasteiger partial charge in [-0.3, -0.25) is 4.90 Å². The highest BCUT2D eigenvalue weighted by atomic mass is 35.5. The minimum atomic E-state index is -0.854. The molecule has 3 rings (SSSR count). The highest BCUT2D eigenvalue weighted by Crippen LogP contribution is 2.23. The first-order valence-electron chi connectivity index (χ1n) is 8.96. The van der Waals surface area contributed by atoms with Crippen LogP contribution in [-0.4, -0.2) is 35.6 Å². The van der Waals surface area contributed by atoms with E-state index in [0.717, 1.165) is 38.0 Å². The Bertz CT molecular complexity index is 722. The molecule has 0 amide bonds. The lowest BCUT2D eigenvalue weighted by Gasteiger charge is -2.16. The third-order valence-corrected chi connectivity index (χ3v) is 4.93. The van der Waals surface area contributed by atoms with Crippen LogP contribution in [0.3, 0.4) is 0 Å². The van der Waals surface area contributed by atoms with E-state index in [2.05, 4.69) is 29.2 Å². The zero-order valence-corrected chi connectivity index (χ0v) is 17.0. The van der Waals surface area contributed by atoms with E-state index in [9.17, 15) is 4.79 Å². The van der Waals surface area contributed by atoms with Gasteiger partial charge in [0, 0.05) is 13.1 Å². The molecule has 1 unspecified atom stereocenters. The molecule has 0 bridgehead atoms. The highest BCUT2D eigenvalue weighted by molar-refractivity contribution is 5.87. The molecule has 3 N–H and O–H groups in total. The average Bonchev–Trinajstić information content (AvgIpc) is 3.04. The number of nitrogens with zero attached hydrogens (tertiary/aromatic N) is 1. The number of aromatic carboxylic acids is 1. The number of hydrogen-bond acceptors (Lipinski definition) is 3. The number of halogens is 2. The van der Waals surface area contributed by atoms with E-state index in [-0.39, 0.29) is 24.8 Å². The molecule has 1 saturated heterocycles. The first-order chi connectivity index (χ1) is 12.1. The molecule has 148 valence electrons. The zero-order valence-electron chi connectivity index (χ0n) is 15.3. The van der Waals surface area contributed by atoms with Gasteiger partial charge in [-0.2, -0.15) is 0 Å². The molecule has 1 aliphatic heterocycles. The minimum Gasteiger partial charge on any atom is -0.478 e. The maximum Gasteiger partial charge on any atom is 0.335 e. The zero-order chi connectivity index (χ0) is 17.6. The molecule has 1 heterocycles. The normalized spacial score (nSPS) is 16.4. The van der Waals surface area contributed by atoms with Crippen LogP contribution in [0.5, 0.6) is 0 Å². The molecule has 1 atom stereocenters. The number of carboxylic acid groups (broad SMARTS) is 1. The smallest absolute Gasteiger partial charge is 0.335 e. The molecular formula is C21H28Cl2N2O2. The van der Waals surface area contributed by atoms with Gasteiger partial charge in [-0.15, -0.1) is 24.8 Å². The summed E-state index contributed by atoms with van der Waals surface area (Å²) >= 11 is 0. The Morgan fingerprint density at radius 2 is 1.78 bits per heavy atom. The minimum absolute atomic E-state index is 0. The van der Waals surface area contributed by atoms with E-state index in [1.807, 2.05) is 12.1 Å². The molecular weight excluding hydrogens is 383 g/mol. The molecule has 2 aromatic carbocycles. The summed E-state index contributed by atoms with van der Waals surface area (Å²) in [5, 5.41) is 9.11. The first-order valence-corrected chi connectivity index (χ1v) is 8.96. The van der Waals surface area contributed by atoms with Crippen LogP contribution in [0.25, 0.3) is 0 Å². The van der Waals surface area contributed by atoms with Crippen LogP contribution >= 0.6 is 24.8 Å². The number of carbonyl (C=O) groups is 1. The number of rotatable bonds is 7. The quantitative estimate of drug-likeness (QED) is 0.728. The van der Waals surface area contributed by atoms with E-state index < -0.39 is 5.97 Å². The molecule has 1 fully saturated rings. The lowest BCUT2D eigenvalue weighted by atomic mass is 9.97. The second kappa shape index (κ2) is 11.3. The Hall–Kier alpha value is -1.59. The molecule has 0 saturated carbocycles. The van der Waals surface area contributed by atoms with Gasteiger partial charge in [-0.05, 0) is 67.1 Å². The Balaban J connectivity index is 0.00000182. The van der Waals surface area contributed by atoms with Gasteiger partial charge in [0.1, 0.15) is 0 Å². The second-order valence-corrected chi connectivity index (χ2v) is 6.95. The lowest BCUT2D eigenvalue weighted by molar-refractivity contribution is 0.0696. The van der Waals surface area contributed by atoms with Gasteiger partial charge >= 0.3 is 5.97 Å². The molecule has 0 radical (unpaired) electrons. The van der Waals surface area contributed by atoms with Crippen molar-refractivity contribution in [3.8, 4) is 0 Å². The summed E-state index contributed by atoms with van der Waals surface area (Å²) in [5.41, 5.74) is 9.73. The molecule has 27 heavy (non-hydrogen) atoms. The van der Waals surface area contributed by atoms with Crippen molar-refractivity contribution in [1.29, 1.82) is 0 Å².